The van der Waals surface area contributed by atoms with Crippen molar-refractivity contribution in [1.29, 1.82) is 5.26 Å². The average Bonchev–Trinajstić information content (AvgIpc) is 2.98. The molecule has 0 radical (unpaired) electrons. The minimum Gasteiger partial charge on any atom is -0.493 e. The maximum Gasteiger partial charge on any atom is 0.161 e. The van der Waals surface area contributed by atoms with Crippen LogP contribution in [-0.2, 0) is 23.2 Å². The van der Waals surface area contributed by atoms with E-state index in [-0.39, 0.29) is 0 Å². The van der Waals surface area contributed by atoms with Gasteiger partial charge < -0.3 is 14.3 Å². The average molecular weight is 362 g/mol. The second kappa shape index (κ2) is 6.64. The number of fused-ring (bicyclic) bond motifs is 3. The van der Waals surface area contributed by atoms with E-state index in [0.717, 1.165) is 23.1 Å². The zero-order valence-corrected chi connectivity index (χ0v) is 15.6. The molecule has 2 aliphatic rings. The Hall–Kier alpha value is -2.97. The Labute approximate surface area is 159 Å². The zero-order valence-electron chi connectivity index (χ0n) is 15.6. The smallest absolute Gasteiger partial charge is 0.161 e. The van der Waals surface area contributed by atoms with Crippen LogP contribution in [0.1, 0.15) is 16.7 Å². The van der Waals surface area contributed by atoms with Gasteiger partial charge in [-0.25, -0.2) is 0 Å². The van der Waals surface area contributed by atoms with Gasteiger partial charge in [-0.3, -0.25) is 0 Å². The molecule has 2 aliphatic heterocycles. The van der Waals surface area contributed by atoms with E-state index in [1.54, 1.807) is 14.2 Å². The molecule has 0 aromatic heterocycles. The predicted molar refractivity (Wildman–Crippen MR) is 101 cm³/mol. The van der Waals surface area contributed by atoms with Gasteiger partial charge in [0.25, 0.3) is 0 Å². The third kappa shape index (κ3) is 2.56. The van der Waals surface area contributed by atoms with Gasteiger partial charge in [-0.15, -0.1) is 5.06 Å². The molecule has 27 heavy (non-hydrogen) atoms. The number of ether oxygens (including phenoxy) is 2. The van der Waals surface area contributed by atoms with Gasteiger partial charge in [-0.1, -0.05) is 36.9 Å². The lowest BCUT2D eigenvalue weighted by Gasteiger charge is -2.42. The van der Waals surface area contributed by atoms with Crippen molar-refractivity contribution < 1.29 is 14.3 Å². The maximum atomic E-state index is 10.00. The normalized spacial score (nSPS) is 23.7. The minimum atomic E-state index is -0.639. The standard InChI is InChI=1S/C22H22N2O3/c1-15-19(14-23)22(13-16-7-5-4-6-8-16)18-12-21(26-3)20(25-2)11-17(18)9-10-24(22)27-15/h4-8,11-12,19H,1,9-10,13H2,2-3H3. The molecule has 1 saturated heterocycles. The maximum absolute atomic E-state index is 10.00. The van der Waals surface area contributed by atoms with Crippen molar-refractivity contribution in [2.45, 2.75) is 18.4 Å². The van der Waals surface area contributed by atoms with Crippen LogP contribution < -0.4 is 9.47 Å². The van der Waals surface area contributed by atoms with Crippen LogP contribution in [0.2, 0.25) is 0 Å². The van der Waals surface area contributed by atoms with E-state index in [1.807, 2.05) is 35.4 Å². The molecule has 4 rings (SSSR count). The lowest BCUT2D eigenvalue weighted by Crippen LogP contribution is -2.50. The van der Waals surface area contributed by atoms with Crippen LogP contribution in [0.15, 0.2) is 54.8 Å². The second-order valence-corrected chi connectivity index (χ2v) is 6.92. The molecule has 5 heteroatoms. The number of hydrogen-bond donors (Lipinski definition) is 0. The first kappa shape index (κ1) is 17.4. The molecule has 1 fully saturated rings. The molecule has 0 spiro atoms. The summed E-state index contributed by atoms with van der Waals surface area (Å²) in [4.78, 5) is 5.98. The Morgan fingerprint density at radius 1 is 1.22 bits per heavy atom. The highest BCUT2D eigenvalue weighted by Gasteiger charge is 2.57. The number of hydroxylamine groups is 2. The molecule has 2 unspecified atom stereocenters. The van der Waals surface area contributed by atoms with Crippen LogP contribution >= 0.6 is 0 Å². The van der Waals surface area contributed by atoms with E-state index in [0.29, 0.717) is 30.2 Å². The summed E-state index contributed by atoms with van der Waals surface area (Å²) in [5.41, 5.74) is 2.70. The number of nitrogens with zero attached hydrogens (tertiary/aromatic N) is 2. The van der Waals surface area contributed by atoms with Crippen LogP contribution in [-0.4, -0.2) is 25.8 Å². The lowest BCUT2D eigenvalue weighted by molar-refractivity contribution is -0.154. The van der Waals surface area contributed by atoms with Crippen molar-refractivity contribution in [1.82, 2.24) is 5.06 Å². The molecule has 0 bridgehead atoms. The van der Waals surface area contributed by atoms with E-state index >= 15 is 0 Å². The van der Waals surface area contributed by atoms with Crippen molar-refractivity contribution in [3.05, 3.63) is 71.5 Å². The van der Waals surface area contributed by atoms with Crippen LogP contribution in [0.5, 0.6) is 11.5 Å². The summed E-state index contributed by atoms with van der Waals surface area (Å²) >= 11 is 0. The summed E-state index contributed by atoms with van der Waals surface area (Å²) in [6.07, 6.45) is 1.45. The van der Waals surface area contributed by atoms with E-state index in [2.05, 4.69) is 24.8 Å². The monoisotopic (exact) mass is 362 g/mol. The molecule has 0 saturated carbocycles. The van der Waals surface area contributed by atoms with Gasteiger partial charge in [0, 0.05) is 6.54 Å². The van der Waals surface area contributed by atoms with Crippen molar-refractivity contribution in [3.63, 3.8) is 0 Å². The van der Waals surface area contributed by atoms with Gasteiger partial charge in [0.15, 0.2) is 11.5 Å². The molecule has 2 atom stereocenters. The highest BCUT2D eigenvalue weighted by atomic mass is 16.7. The van der Waals surface area contributed by atoms with E-state index in [1.165, 1.54) is 0 Å². The van der Waals surface area contributed by atoms with Crippen LogP contribution in [0.4, 0.5) is 0 Å². The summed E-state index contributed by atoms with van der Waals surface area (Å²) in [5.74, 6) is 1.37. The fourth-order valence-electron chi connectivity index (χ4n) is 4.35. The molecular weight excluding hydrogens is 340 g/mol. The van der Waals surface area contributed by atoms with Gasteiger partial charge >= 0.3 is 0 Å². The number of nitriles is 1. The Bertz CT molecular complexity index is 919. The second-order valence-electron chi connectivity index (χ2n) is 6.92. The first-order valence-electron chi connectivity index (χ1n) is 8.97. The van der Waals surface area contributed by atoms with Gasteiger partial charge in [-0.2, -0.15) is 5.26 Å². The molecule has 5 nitrogen and oxygen atoms in total. The quantitative estimate of drug-likeness (QED) is 0.832. The topological polar surface area (TPSA) is 54.7 Å². The summed E-state index contributed by atoms with van der Waals surface area (Å²) in [6.45, 7) is 4.71. The highest BCUT2D eigenvalue weighted by molar-refractivity contribution is 5.53. The Morgan fingerprint density at radius 2 is 1.93 bits per heavy atom. The number of benzene rings is 2. The van der Waals surface area contributed by atoms with Gasteiger partial charge in [0.05, 0.1) is 20.3 Å². The fourth-order valence-corrected chi connectivity index (χ4v) is 4.35. The van der Waals surface area contributed by atoms with Crippen molar-refractivity contribution in [3.8, 4) is 17.6 Å². The largest absolute Gasteiger partial charge is 0.493 e. The van der Waals surface area contributed by atoms with Crippen LogP contribution in [0.3, 0.4) is 0 Å². The first-order chi connectivity index (χ1) is 13.1. The summed E-state index contributed by atoms with van der Waals surface area (Å²) in [5, 5.41) is 11.9. The zero-order chi connectivity index (χ0) is 19.0. The number of hydrogen-bond acceptors (Lipinski definition) is 5. The predicted octanol–water partition coefficient (Wildman–Crippen LogP) is 3.60. The van der Waals surface area contributed by atoms with Crippen LogP contribution in [0.25, 0.3) is 0 Å². The minimum absolute atomic E-state index is 0.477. The lowest BCUT2D eigenvalue weighted by atomic mass is 9.70. The fraction of sp³-hybridized carbons (Fsp3) is 0.318. The first-order valence-corrected chi connectivity index (χ1v) is 8.97. The molecule has 0 amide bonds. The molecule has 0 aliphatic carbocycles. The van der Waals surface area contributed by atoms with Gasteiger partial charge in [0.2, 0.25) is 0 Å². The number of rotatable bonds is 4. The third-order valence-electron chi connectivity index (χ3n) is 5.58. The van der Waals surface area contributed by atoms with Crippen molar-refractivity contribution >= 4 is 0 Å². The Kier molecular flexibility index (Phi) is 4.29. The molecule has 2 aromatic carbocycles. The summed E-state index contributed by atoms with van der Waals surface area (Å²) in [6, 6.07) is 16.6. The number of methoxy groups -OCH3 is 2. The van der Waals surface area contributed by atoms with Gasteiger partial charge in [0.1, 0.15) is 17.2 Å². The Balaban J connectivity index is 1.95. The SMILES string of the molecule is C=C1ON2CCc3cc(OC)c(OC)cc3C2(Cc2ccccc2)C1C#N. The van der Waals surface area contributed by atoms with Crippen molar-refractivity contribution in [2.24, 2.45) is 5.92 Å². The third-order valence-corrected chi connectivity index (χ3v) is 5.58. The van der Waals surface area contributed by atoms with E-state index in [9.17, 15) is 5.26 Å². The summed E-state index contributed by atoms with van der Waals surface area (Å²) < 4.78 is 11.0. The highest BCUT2D eigenvalue weighted by Crippen LogP contribution is 2.53. The molecule has 2 heterocycles. The molecule has 2 aromatic rings. The molecular formula is C22H22N2O3. The summed E-state index contributed by atoms with van der Waals surface area (Å²) in [7, 11) is 3.26. The van der Waals surface area contributed by atoms with Gasteiger partial charge in [-0.05, 0) is 41.7 Å². The van der Waals surface area contributed by atoms with E-state index < -0.39 is 11.5 Å². The van der Waals surface area contributed by atoms with Crippen molar-refractivity contribution in [2.75, 3.05) is 20.8 Å². The molecule has 0 N–H and O–H groups in total. The molecule has 138 valence electrons. The van der Waals surface area contributed by atoms with E-state index in [4.69, 9.17) is 14.3 Å². The van der Waals surface area contributed by atoms with Crippen LogP contribution in [0, 0.1) is 17.2 Å². The Morgan fingerprint density at radius 3 is 2.59 bits per heavy atom.